The van der Waals surface area contributed by atoms with Crippen molar-refractivity contribution < 1.29 is 12.8 Å². The van der Waals surface area contributed by atoms with Crippen LogP contribution < -0.4 is 9.62 Å². The maximum absolute atomic E-state index is 13.6. The summed E-state index contributed by atoms with van der Waals surface area (Å²) in [5.74, 6) is -0.302. The quantitative estimate of drug-likeness (QED) is 0.893. The van der Waals surface area contributed by atoms with Gasteiger partial charge in [0, 0.05) is 25.7 Å². The second kappa shape index (κ2) is 5.19. The van der Waals surface area contributed by atoms with Crippen LogP contribution in [0.5, 0.6) is 0 Å². The predicted molar refractivity (Wildman–Crippen MR) is 66.5 cm³/mol. The summed E-state index contributed by atoms with van der Waals surface area (Å²) in [6, 6.07) is 1.30. The molecule has 0 amide bonds. The van der Waals surface area contributed by atoms with E-state index in [2.05, 4.69) is 9.71 Å². The molecule has 0 aliphatic carbocycles. The lowest BCUT2D eigenvalue weighted by Gasteiger charge is -2.17. The van der Waals surface area contributed by atoms with Gasteiger partial charge in [0.1, 0.15) is 10.7 Å². The molecule has 0 spiro atoms. The molecule has 1 saturated heterocycles. The van der Waals surface area contributed by atoms with Gasteiger partial charge in [-0.25, -0.2) is 22.5 Å². The standard InChI is InChI=1S/C11H16FN3O2S/c1-2-14-18(16,17)10-7-11(13-8-9(10)12)15-5-3-4-6-15/h7-8,14H,2-6H2,1H3. The van der Waals surface area contributed by atoms with Crippen molar-refractivity contribution >= 4 is 15.8 Å². The van der Waals surface area contributed by atoms with Crippen molar-refractivity contribution in [3.05, 3.63) is 18.1 Å². The van der Waals surface area contributed by atoms with E-state index in [1.807, 2.05) is 4.90 Å². The number of sulfonamides is 1. The molecule has 1 aliphatic rings. The molecule has 5 nitrogen and oxygen atoms in total. The maximum Gasteiger partial charge on any atom is 0.243 e. The van der Waals surface area contributed by atoms with Crippen molar-refractivity contribution in [2.24, 2.45) is 0 Å². The number of rotatable bonds is 4. The first-order valence-electron chi connectivity index (χ1n) is 5.95. The average molecular weight is 273 g/mol. The van der Waals surface area contributed by atoms with Crippen LogP contribution >= 0.6 is 0 Å². The first-order valence-corrected chi connectivity index (χ1v) is 7.43. The van der Waals surface area contributed by atoms with Crippen molar-refractivity contribution in [2.75, 3.05) is 24.5 Å². The monoisotopic (exact) mass is 273 g/mol. The molecular weight excluding hydrogens is 257 g/mol. The largest absolute Gasteiger partial charge is 0.357 e. The molecule has 18 heavy (non-hydrogen) atoms. The molecule has 0 radical (unpaired) electrons. The Balaban J connectivity index is 2.38. The van der Waals surface area contributed by atoms with Crippen LogP contribution in [0.1, 0.15) is 19.8 Å². The fraction of sp³-hybridized carbons (Fsp3) is 0.545. The van der Waals surface area contributed by atoms with E-state index in [0.717, 1.165) is 32.1 Å². The zero-order chi connectivity index (χ0) is 13.2. The molecule has 1 aromatic rings. The average Bonchev–Trinajstić information content (AvgIpc) is 2.82. The first-order chi connectivity index (χ1) is 8.54. The number of nitrogens with zero attached hydrogens (tertiary/aromatic N) is 2. The van der Waals surface area contributed by atoms with E-state index < -0.39 is 15.8 Å². The number of aromatic nitrogens is 1. The Hall–Kier alpha value is -1.21. The molecule has 100 valence electrons. The molecular formula is C11H16FN3O2S. The molecule has 2 heterocycles. The molecule has 0 saturated carbocycles. The van der Waals surface area contributed by atoms with Crippen molar-refractivity contribution in [3.8, 4) is 0 Å². The lowest BCUT2D eigenvalue weighted by atomic mass is 10.4. The summed E-state index contributed by atoms with van der Waals surface area (Å²) in [7, 11) is -3.78. The lowest BCUT2D eigenvalue weighted by Crippen LogP contribution is -2.25. The molecule has 1 fully saturated rings. The fourth-order valence-corrected chi connectivity index (χ4v) is 3.11. The summed E-state index contributed by atoms with van der Waals surface area (Å²) < 4.78 is 39.5. The zero-order valence-corrected chi connectivity index (χ0v) is 11.0. The van der Waals surface area contributed by atoms with E-state index in [1.165, 1.54) is 6.07 Å². The minimum atomic E-state index is -3.78. The van der Waals surface area contributed by atoms with Crippen molar-refractivity contribution in [3.63, 3.8) is 0 Å². The third-order valence-electron chi connectivity index (χ3n) is 2.86. The van der Waals surface area contributed by atoms with E-state index in [0.29, 0.717) is 5.82 Å². The van der Waals surface area contributed by atoms with Gasteiger partial charge in [-0.1, -0.05) is 6.92 Å². The van der Waals surface area contributed by atoms with Gasteiger partial charge in [-0.3, -0.25) is 0 Å². The van der Waals surface area contributed by atoms with Crippen molar-refractivity contribution in [1.82, 2.24) is 9.71 Å². The van der Waals surface area contributed by atoms with Gasteiger partial charge in [-0.15, -0.1) is 0 Å². The van der Waals surface area contributed by atoms with Crippen LogP contribution in [0.15, 0.2) is 17.2 Å². The van der Waals surface area contributed by atoms with Gasteiger partial charge in [-0.2, -0.15) is 0 Å². The Morgan fingerprint density at radius 3 is 2.72 bits per heavy atom. The van der Waals surface area contributed by atoms with Crippen molar-refractivity contribution in [2.45, 2.75) is 24.7 Å². The van der Waals surface area contributed by atoms with Gasteiger partial charge in [0.25, 0.3) is 0 Å². The SMILES string of the molecule is CCNS(=O)(=O)c1cc(N2CCCC2)ncc1F. The van der Waals surface area contributed by atoms with Crippen LogP contribution in [0.2, 0.25) is 0 Å². The summed E-state index contributed by atoms with van der Waals surface area (Å²) in [5.41, 5.74) is 0. The smallest absolute Gasteiger partial charge is 0.243 e. The van der Waals surface area contributed by atoms with Crippen LogP contribution in [0.4, 0.5) is 10.2 Å². The Morgan fingerprint density at radius 2 is 2.11 bits per heavy atom. The molecule has 0 bridgehead atoms. The van der Waals surface area contributed by atoms with Gasteiger partial charge in [0.15, 0.2) is 5.82 Å². The summed E-state index contributed by atoms with van der Waals surface area (Å²) in [6.45, 7) is 3.54. The summed E-state index contributed by atoms with van der Waals surface area (Å²) in [5, 5.41) is 0. The van der Waals surface area contributed by atoms with E-state index in [9.17, 15) is 12.8 Å². The number of halogens is 1. The number of hydrogen-bond donors (Lipinski definition) is 1. The topological polar surface area (TPSA) is 62.3 Å². The summed E-state index contributed by atoms with van der Waals surface area (Å²) >= 11 is 0. The highest BCUT2D eigenvalue weighted by Crippen LogP contribution is 2.22. The first kappa shape index (κ1) is 13.2. The lowest BCUT2D eigenvalue weighted by molar-refractivity contribution is 0.555. The second-order valence-electron chi connectivity index (χ2n) is 4.17. The fourth-order valence-electron chi connectivity index (χ4n) is 2.00. The Kier molecular flexibility index (Phi) is 3.82. The zero-order valence-electron chi connectivity index (χ0n) is 10.2. The highest BCUT2D eigenvalue weighted by Gasteiger charge is 2.22. The van der Waals surface area contributed by atoms with Crippen LogP contribution in [0.3, 0.4) is 0 Å². The Bertz CT molecular complexity index is 527. The number of nitrogens with one attached hydrogen (secondary N) is 1. The van der Waals surface area contributed by atoms with Crippen molar-refractivity contribution in [1.29, 1.82) is 0 Å². The molecule has 0 unspecified atom stereocenters. The summed E-state index contributed by atoms with van der Waals surface area (Å²) in [6.07, 6.45) is 3.07. The predicted octanol–water partition coefficient (Wildman–Crippen LogP) is 1.12. The normalized spacial score (nSPS) is 16.2. The molecule has 1 aromatic heterocycles. The Labute approximate surface area is 106 Å². The van der Waals surface area contributed by atoms with Gasteiger partial charge in [0.2, 0.25) is 10.0 Å². The molecule has 7 heteroatoms. The highest BCUT2D eigenvalue weighted by molar-refractivity contribution is 7.89. The number of hydrogen-bond acceptors (Lipinski definition) is 4. The minimum Gasteiger partial charge on any atom is -0.357 e. The van der Waals surface area contributed by atoms with Gasteiger partial charge in [-0.05, 0) is 12.8 Å². The van der Waals surface area contributed by atoms with E-state index in [1.54, 1.807) is 6.92 Å². The van der Waals surface area contributed by atoms with Crippen LogP contribution in [0, 0.1) is 5.82 Å². The van der Waals surface area contributed by atoms with Gasteiger partial charge in [0.05, 0.1) is 6.20 Å². The Morgan fingerprint density at radius 1 is 1.44 bits per heavy atom. The third kappa shape index (κ3) is 2.62. The van der Waals surface area contributed by atoms with Gasteiger partial charge < -0.3 is 4.90 Å². The highest BCUT2D eigenvalue weighted by atomic mass is 32.2. The number of pyridine rings is 1. The minimum absolute atomic E-state index is 0.225. The molecule has 1 aliphatic heterocycles. The molecule has 0 atom stereocenters. The van der Waals surface area contributed by atoms with E-state index in [4.69, 9.17) is 0 Å². The maximum atomic E-state index is 13.6. The van der Waals surface area contributed by atoms with E-state index in [-0.39, 0.29) is 11.4 Å². The van der Waals surface area contributed by atoms with Crippen LogP contribution in [-0.2, 0) is 10.0 Å². The molecule has 2 rings (SSSR count). The second-order valence-corrected chi connectivity index (χ2v) is 5.90. The van der Waals surface area contributed by atoms with Gasteiger partial charge >= 0.3 is 0 Å². The van der Waals surface area contributed by atoms with Crippen LogP contribution in [-0.4, -0.2) is 33.0 Å². The third-order valence-corrected chi connectivity index (χ3v) is 4.42. The summed E-state index contributed by atoms with van der Waals surface area (Å²) in [4.78, 5) is 5.58. The molecule has 0 aromatic carbocycles. The number of anilines is 1. The van der Waals surface area contributed by atoms with Crippen LogP contribution in [0.25, 0.3) is 0 Å². The molecule has 1 N–H and O–H groups in total. The van der Waals surface area contributed by atoms with E-state index >= 15 is 0 Å².